The van der Waals surface area contributed by atoms with E-state index in [0.717, 1.165) is 39.7 Å². The van der Waals surface area contributed by atoms with E-state index in [1.54, 1.807) is 12.1 Å². The number of aromatic carboxylic acids is 1. The smallest absolute Gasteiger partial charge is 0.335 e. The normalized spacial score (nSPS) is 13.4. The van der Waals surface area contributed by atoms with Crippen LogP contribution < -0.4 is 0 Å². The van der Waals surface area contributed by atoms with Crippen LogP contribution in [-0.2, 0) is 24.2 Å². The average Bonchev–Trinajstić information content (AvgIpc) is 2.65. The third-order valence-corrected chi connectivity index (χ3v) is 5.54. The number of carboxylic acids is 1. The van der Waals surface area contributed by atoms with Crippen molar-refractivity contribution in [2.24, 2.45) is 0 Å². The number of benzene rings is 1. The molecule has 0 saturated heterocycles. The SMILES string of the molecule is CSc1nc(C)c(CCC(=O)N2CCc3ccc(C(=O)O)cc3C2)c(C)n1. The van der Waals surface area contributed by atoms with E-state index in [2.05, 4.69) is 9.97 Å². The number of thioether (sulfide) groups is 1. The molecule has 0 fully saturated rings. The molecule has 142 valence electrons. The number of rotatable bonds is 5. The molecule has 7 heteroatoms. The highest BCUT2D eigenvalue weighted by Gasteiger charge is 2.22. The molecular weight excluding hydrogens is 362 g/mol. The second-order valence-electron chi connectivity index (χ2n) is 6.71. The van der Waals surface area contributed by atoms with Crippen molar-refractivity contribution in [3.05, 3.63) is 51.8 Å². The summed E-state index contributed by atoms with van der Waals surface area (Å²) in [4.78, 5) is 34.6. The summed E-state index contributed by atoms with van der Waals surface area (Å²) < 4.78 is 0. The number of amides is 1. The zero-order valence-electron chi connectivity index (χ0n) is 15.8. The molecule has 0 spiro atoms. The summed E-state index contributed by atoms with van der Waals surface area (Å²) in [5.41, 5.74) is 5.20. The first-order chi connectivity index (χ1) is 12.9. The summed E-state index contributed by atoms with van der Waals surface area (Å²) in [5.74, 6) is -0.866. The third kappa shape index (κ3) is 4.30. The minimum Gasteiger partial charge on any atom is -0.478 e. The van der Waals surface area contributed by atoms with Gasteiger partial charge in [0, 0.05) is 30.9 Å². The van der Waals surface area contributed by atoms with Crippen LogP contribution in [0.3, 0.4) is 0 Å². The number of nitrogens with zero attached hydrogens (tertiary/aromatic N) is 3. The van der Waals surface area contributed by atoms with Gasteiger partial charge in [-0.15, -0.1) is 0 Å². The molecule has 1 aliphatic rings. The van der Waals surface area contributed by atoms with Crippen LogP contribution in [0.5, 0.6) is 0 Å². The Morgan fingerprint density at radius 1 is 1.19 bits per heavy atom. The van der Waals surface area contributed by atoms with Gasteiger partial charge >= 0.3 is 5.97 Å². The Hall–Kier alpha value is -2.41. The summed E-state index contributed by atoms with van der Waals surface area (Å²) >= 11 is 1.51. The van der Waals surface area contributed by atoms with Crippen molar-refractivity contribution in [1.82, 2.24) is 14.9 Å². The fraction of sp³-hybridized carbons (Fsp3) is 0.400. The molecule has 0 atom stereocenters. The molecule has 2 aromatic rings. The lowest BCUT2D eigenvalue weighted by atomic mass is 9.97. The van der Waals surface area contributed by atoms with Crippen molar-refractivity contribution in [1.29, 1.82) is 0 Å². The van der Waals surface area contributed by atoms with Crippen LogP contribution in [0, 0.1) is 13.8 Å². The maximum absolute atomic E-state index is 12.7. The maximum atomic E-state index is 12.7. The highest BCUT2D eigenvalue weighted by molar-refractivity contribution is 7.98. The maximum Gasteiger partial charge on any atom is 0.335 e. The van der Waals surface area contributed by atoms with Gasteiger partial charge in [-0.3, -0.25) is 4.79 Å². The van der Waals surface area contributed by atoms with Gasteiger partial charge in [0.05, 0.1) is 5.56 Å². The van der Waals surface area contributed by atoms with Gasteiger partial charge in [0.15, 0.2) is 5.16 Å². The lowest BCUT2D eigenvalue weighted by Crippen LogP contribution is -2.36. The zero-order chi connectivity index (χ0) is 19.6. The third-order valence-electron chi connectivity index (χ3n) is 4.99. The van der Waals surface area contributed by atoms with Gasteiger partial charge in [-0.1, -0.05) is 17.8 Å². The molecule has 3 rings (SSSR count). The molecule has 1 aliphatic heterocycles. The molecule has 1 aromatic heterocycles. The van der Waals surface area contributed by atoms with Crippen molar-refractivity contribution in [3.8, 4) is 0 Å². The summed E-state index contributed by atoms with van der Waals surface area (Å²) in [5, 5.41) is 9.92. The van der Waals surface area contributed by atoms with Crippen molar-refractivity contribution < 1.29 is 14.7 Å². The fourth-order valence-corrected chi connectivity index (χ4v) is 3.91. The van der Waals surface area contributed by atoms with Crippen molar-refractivity contribution >= 4 is 23.6 Å². The lowest BCUT2D eigenvalue weighted by molar-refractivity contribution is -0.132. The number of aryl methyl sites for hydroxylation is 2. The first-order valence-corrected chi connectivity index (χ1v) is 10.1. The number of hydrogen-bond acceptors (Lipinski definition) is 5. The van der Waals surface area contributed by atoms with Gasteiger partial charge in [-0.2, -0.15) is 0 Å². The molecule has 2 heterocycles. The predicted octanol–water partition coefficient (Wildman–Crippen LogP) is 3.03. The molecule has 0 radical (unpaired) electrons. The van der Waals surface area contributed by atoms with Gasteiger partial charge in [0.25, 0.3) is 0 Å². The van der Waals surface area contributed by atoms with E-state index >= 15 is 0 Å². The van der Waals surface area contributed by atoms with Gasteiger partial charge in [0.2, 0.25) is 5.91 Å². The second-order valence-corrected chi connectivity index (χ2v) is 7.49. The fourth-order valence-electron chi connectivity index (χ4n) is 3.45. The summed E-state index contributed by atoms with van der Waals surface area (Å²) in [6, 6.07) is 5.17. The van der Waals surface area contributed by atoms with E-state index in [-0.39, 0.29) is 11.5 Å². The molecule has 27 heavy (non-hydrogen) atoms. The van der Waals surface area contributed by atoms with Gasteiger partial charge in [-0.05, 0) is 61.8 Å². The molecule has 1 N–H and O–H groups in total. The van der Waals surface area contributed by atoms with Crippen LogP contribution in [0.25, 0.3) is 0 Å². The Morgan fingerprint density at radius 2 is 1.89 bits per heavy atom. The summed E-state index contributed by atoms with van der Waals surface area (Å²) in [7, 11) is 0. The minimum absolute atomic E-state index is 0.0779. The average molecular weight is 385 g/mol. The van der Waals surface area contributed by atoms with Crippen LogP contribution in [0.15, 0.2) is 23.4 Å². The highest BCUT2D eigenvalue weighted by atomic mass is 32.2. The molecule has 6 nitrogen and oxygen atoms in total. The molecule has 0 saturated carbocycles. The monoisotopic (exact) mass is 385 g/mol. The standard InChI is InChI=1S/C20H23N3O3S/c1-12-17(13(2)22-20(21-12)27-3)6-7-18(24)23-9-8-14-4-5-15(19(25)26)10-16(14)11-23/h4-5,10H,6-9,11H2,1-3H3,(H,25,26). The molecule has 0 aliphatic carbocycles. The molecular formula is C20H23N3O3S. The van der Waals surface area contributed by atoms with Gasteiger partial charge in [-0.25, -0.2) is 14.8 Å². The first kappa shape index (κ1) is 19.4. The van der Waals surface area contributed by atoms with Crippen LogP contribution in [0.1, 0.15) is 44.9 Å². The zero-order valence-corrected chi connectivity index (χ0v) is 16.6. The number of carbonyl (C=O) groups excluding carboxylic acids is 1. The predicted molar refractivity (Wildman–Crippen MR) is 104 cm³/mol. The highest BCUT2D eigenvalue weighted by Crippen LogP contribution is 2.22. The van der Waals surface area contributed by atoms with Gasteiger partial charge in [0.1, 0.15) is 0 Å². The van der Waals surface area contributed by atoms with Crippen LogP contribution in [-0.4, -0.2) is 44.7 Å². The van der Waals surface area contributed by atoms with Gasteiger partial charge < -0.3 is 10.0 Å². The second kappa shape index (κ2) is 8.08. The number of fused-ring (bicyclic) bond motifs is 1. The first-order valence-electron chi connectivity index (χ1n) is 8.90. The van der Waals surface area contributed by atoms with Crippen molar-refractivity contribution in [2.45, 2.75) is 44.8 Å². The van der Waals surface area contributed by atoms with E-state index in [0.29, 0.717) is 25.9 Å². The topological polar surface area (TPSA) is 83.4 Å². The Labute approximate surface area is 163 Å². The van der Waals surface area contributed by atoms with E-state index < -0.39 is 5.97 Å². The van der Waals surface area contributed by atoms with Crippen LogP contribution in [0.4, 0.5) is 0 Å². The number of carboxylic acid groups (broad SMARTS) is 1. The lowest BCUT2D eigenvalue weighted by Gasteiger charge is -2.29. The van der Waals surface area contributed by atoms with Crippen LogP contribution in [0.2, 0.25) is 0 Å². The van der Waals surface area contributed by atoms with E-state index in [1.165, 1.54) is 11.8 Å². The Kier molecular flexibility index (Phi) is 5.79. The van der Waals surface area contributed by atoms with Crippen molar-refractivity contribution in [2.75, 3.05) is 12.8 Å². The minimum atomic E-state index is -0.944. The number of hydrogen-bond donors (Lipinski definition) is 1. The largest absolute Gasteiger partial charge is 0.478 e. The number of aromatic nitrogens is 2. The van der Waals surface area contributed by atoms with E-state index in [9.17, 15) is 9.59 Å². The molecule has 0 unspecified atom stereocenters. The Bertz CT molecular complexity index is 875. The van der Waals surface area contributed by atoms with E-state index in [4.69, 9.17) is 5.11 Å². The van der Waals surface area contributed by atoms with Crippen LogP contribution >= 0.6 is 11.8 Å². The Balaban J connectivity index is 1.68. The quantitative estimate of drug-likeness (QED) is 0.629. The molecule has 0 bridgehead atoms. The Morgan fingerprint density at radius 3 is 2.52 bits per heavy atom. The van der Waals surface area contributed by atoms with E-state index in [1.807, 2.05) is 31.1 Å². The summed E-state index contributed by atoms with van der Waals surface area (Å²) in [6.07, 6.45) is 3.72. The number of carbonyl (C=O) groups is 2. The summed E-state index contributed by atoms with van der Waals surface area (Å²) in [6.45, 7) is 5.05. The molecule has 1 aromatic carbocycles. The van der Waals surface area contributed by atoms with Crippen molar-refractivity contribution in [3.63, 3.8) is 0 Å². The molecule has 1 amide bonds.